The molecule has 2 heterocycles. The Kier molecular flexibility index (Phi) is 3.98. The molecule has 1 unspecified atom stereocenters. The first-order chi connectivity index (χ1) is 13.4. The summed E-state index contributed by atoms with van der Waals surface area (Å²) in [5.41, 5.74) is 8.49. The van der Waals surface area contributed by atoms with E-state index in [0.29, 0.717) is 0 Å². The zero-order valence-corrected chi connectivity index (χ0v) is 15.0. The van der Waals surface area contributed by atoms with E-state index in [1.807, 2.05) is 6.21 Å². The van der Waals surface area contributed by atoms with Gasteiger partial charge in [-0.2, -0.15) is 0 Å². The monoisotopic (exact) mass is 351 g/mol. The molecular weight excluding hydrogens is 330 g/mol. The van der Waals surface area contributed by atoms with Crippen LogP contribution in [0.3, 0.4) is 0 Å². The Morgan fingerprint density at radius 3 is 2.07 bits per heavy atom. The van der Waals surface area contributed by atoms with E-state index >= 15 is 0 Å². The lowest BCUT2D eigenvalue weighted by molar-refractivity contribution is 0.874. The second-order valence-electron chi connectivity index (χ2n) is 6.95. The fourth-order valence-electron chi connectivity index (χ4n) is 3.89. The SMILES string of the molecule is C1=C/C2/N=C/c3ccccc3NCc3cccc(c32)CNc2ccccc2/1. The first-order valence-corrected chi connectivity index (χ1v) is 9.36. The summed E-state index contributed by atoms with van der Waals surface area (Å²) >= 11 is 0. The summed E-state index contributed by atoms with van der Waals surface area (Å²) in [4.78, 5) is 4.99. The predicted octanol–water partition coefficient (Wildman–Crippen LogP) is 5.41. The summed E-state index contributed by atoms with van der Waals surface area (Å²) in [5.74, 6) is 0. The van der Waals surface area contributed by atoms with Crippen LogP contribution in [0.4, 0.5) is 11.4 Å². The molecule has 3 heteroatoms. The molecule has 2 aliphatic heterocycles. The van der Waals surface area contributed by atoms with Crippen molar-refractivity contribution in [2.45, 2.75) is 19.1 Å². The number of nitrogens with one attached hydrogen (secondary N) is 2. The van der Waals surface area contributed by atoms with Gasteiger partial charge in [-0.15, -0.1) is 0 Å². The molecule has 27 heavy (non-hydrogen) atoms. The summed E-state index contributed by atoms with van der Waals surface area (Å²) in [5, 5.41) is 7.19. The third kappa shape index (κ3) is 3.02. The Labute approximate surface area is 159 Å². The molecule has 132 valence electrons. The van der Waals surface area contributed by atoms with E-state index in [1.165, 1.54) is 22.3 Å². The van der Waals surface area contributed by atoms with Crippen LogP contribution >= 0.6 is 0 Å². The van der Waals surface area contributed by atoms with E-state index in [-0.39, 0.29) is 6.04 Å². The maximum absolute atomic E-state index is 4.99. The van der Waals surface area contributed by atoms with Crippen molar-refractivity contribution in [2.24, 2.45) is 4.99 Å². The standard InChI is InChI=1S/C24H21N3/c1-3-10-21-17(6-1)12-13-23-24-19(15-25-21)8-5-9-20(24)16-26-22-11-4-2-7-18(22)14-27-23/h1-14,23,25-26H,15-16H2/b13-12+,27-14+. The fourth-order valence-corrected chi connectivity index (χ4v) is 3.89. The number of hydrogen-bond acceptors (Lipinski definition) is 3. The molecule has 0 radical (unpaired) electrons. The molecule has 5 rings (SSSR count). The minimum atomic E-state index is -0.00267. The predicted molar refractivity (Wildman–Crippen MR) is 113 cm³/mol. The number of nitrogens with zero attached hydrogens (tertiary/aromatic N) is 1. The molecule has 0 bridgehead atoms. The lowest BCUT2D eigenvalue weighted by Crippen LogP contribution is -2.09. The number of aliphatic imine (C=N–C) groups is 1. The fraction of sp³-hybridized carbons (Fsp3) is 0.125. The van der Waals surface area contributed by atoms with Crippen molar-refractivity contribution in [1.82, 2.24) is 0 Å². The van der Waals surface area contributed by atoms with Crippen LogP contribution < -0.4 is 10.6 Å². The van der Waals surface area contributed by atoms with Crippen LogP contribution in [0.1, 0.15) is 33.9 Å². The van der Waals surface area contributed by atoms with Gasteiger partial charge in [-0.1, -0.05) is 66.7 Å². The largest absolute Gasteiger partial charge is 0.380 e. The van der Waals surface area contributed by atoms with Gasteiger partial charge in [0.05, 0.1) is 6.04 Å². The molecule has 3 aromatic rings. The number of para-hydroxylation sites is 2. The van der Waals surface area contributed by atoms with Crippen LogP contribution in [0.2, 0.25) is 0 Å². The van der Waals surface area contributed by atoms with E-state index in [0.717, 1.165) is 30.0 Å². The van der Waals surface area contributed by atoms with Crippen LogP contribution in [0.25, 0.3) is 6.08 Å². The normalized spacial score (nSPS) is 19.6. The molecule has 0 saturated heterocycles. The molecule has 0 aromatic heterocycles. The summed E-state index contributed by atoms with van der Waals surface area (Å²) in [6.45, 7) is 1.58. The van der Waals surface area contributed by atoms with Crippen molar-refractivity contribution in [1.29, 1.82) is 0 Å². The van der Waals surface area contributed by atoms with E-state index in [4.69, 9.17) is 4.99 Å². The van der Waals surface area contributed by atoms with Crippen molar-refractivity contribution in [3.8, 4) is 0 Å². The Bertz CT molecular complexity index is 969. The van der Waals surface area contributed by atoms with Gasteiger partial charge in [0.2, 0.25) is 0 Å². The van der Waals surface area contributed by atoms with Gasteiger partial charge >= 0.3 is 0 Å². The van der Waals surface area contributed by atoms with Crippen LogP contribution in [0, 0.1) is 0 Å². The number of fused-ring (bicyclic) bond motifs is 2. The minimum absolute atomic E-state index is 0.00267. The van der Waals surface area contributed by atoms with Crippen molar-refractivity contribution in [3.05, 3.63) is 101 Å². The zero-order chi connectivity index (χ0) is 18.1. The van der Waals surface area contributed by atoms with Gasteiger partial charge in [0.1, 0.15) is 0 Å². The molecule has 0 spiro atoms. The average Bonchev–Trinajstić information content (AvgIpc) is 2.84. The van der Waals surface area contributed by atoms with Crippen LogP contribution in [0.5, 0.6) is 0 Å². The van der Waals surface area contributed by atoms with Crippen LogP contribution in [-0.2, 0) is 13.1 Å². The molecule has 0 aliphatic carbocycles. The zero-order valence-electron chi connectivity index (χ0n) is 15.0. The average molecular weight is 351 g/mol. The smallest absolute Gasteiger partial charge is 0.0940 e. The summed E-state index contributed by atoms with van der Waals surface area (Å²) in [7, 11) is 0. The van der Waals surface area contributed by atoms with Crippen molar-refractivity contribution < 1.29 is 0 Å². The van der Waals surface area contributed by atoms with E-state index < -0.39 is 0 Å². The number of hydrogen-bond donors (Lipinski definition) is 2. The molecular formula is C24H21N3. The molecule has 3 nitrogen and oxygen atoms in total. The van der Waals surface area contributed by atoms with E-state index in [1.54, 1.807) is 0 Å². The highest BCUT2D eigenvalue weighted by atomic mass is 14.9. The molecule has 0 saturated carbocycles. The highest BCUT2D eigenvalue weighted by Crippen LogP contribution is 2.33. The first-order valence-electron chi connectivity index (χ1n) is 9.36. The summed E-state index contributed by atoms with van der Waals surface area (Å²) in [6.07, 6.45) is 6.41. The quantitative estimate of drug-likeness (QED) is 0.568. The third-order valence-electron chi connectivity index (χ3n) is 5.27. The molecule has 2 N–H and O–H groups in total. The summed E-state index contributed by atoms with van der Waals surface area (Å²) in [6, 6.07) is 23.3. The van der Waals surface area contributed by atoms with Gasteiger partial charge in [0.25, 0.3) is 0 Å². The molecule has 0 amide bonds. The second kappa shape index (κ2) is 6.76. The topological polar surface area (TPSA) is 36.4 Å². The molecule has 1 atom stereocenters. The highest BCUT2D eigenvalue weighted by molar-refractivity contribution is 5.88. The maximum atomic E-state index is 4.99. The molecule has 0 fully saturated rings. The number of rotatable bonds is 0. The number of anilines is 2. The lowest BCUT2D eigenvalue weighted by Gasteiger charge is -2.18. The second-order valence-corrected chi connectivity index (χ2v) is 6.95. The molecule has 2 aliphatic rings. The van der Waals surface area contributed by atoms with Gasteiger partial charge in [-0.25, -0.2) is 0 Å². The third-order valence-corrected chi connectivity index (χ3v) is 5.27. The summed E-state index contributed by atoms with van der Waals surface area (Å²) < 4.78 is 0. The Morgan fingerprint density at radius 2 is 1.33 bits per heavy atom. The Morgan fingerprint density at radius 1 is 0.704 bits per heavy atom. The maximum Gasteiger partial charge on any atom is 0.0940 e. The minimum Gasteiger partial charge on any atom is -0.380 e. The van der Waals surface area contributed by atoms with Gasteiger partial charge < -0.3 is 10.6 Å². The van der Waals surface area contributed by atoms with Gasteiger partial charge in [0, 0.05) is 36.2 Å². The highest BCUT2D eigenvalue weighted by Gasteiger charge is 2.19. The first kappa shape index (κ1) is 15.9. The van der Waals surface area contributed by atoms with Gasteiger partial charge in [-0.3, -0.25) is 4.99 Å². The van der Waals surface area contributed by atoms with Crippen LogP contribution in [-0.4, -0.2) is 6.21 Å². The van der Waals surface area contributed by atoms with Gasteiger partial charge in [0.15, 0.2) is 0 Å². The Balaban J connectivity index is 1.68. The van der Waals surface area contributed by atoms with Crippen molar-refractivity contribution >= 4 is 23.7 Å². The lowest BCUT2D eigenvalue weighted by atomic mass is 9.94. The van der Waals surface area contributed by atoms with Gasteiger partial charge in [-0.05, 0) is 34.4 Å². The van der Waals surface area contributed by atoms with Crippen LogP contribution in [0.15, 0.2) is 77.8 Å². The Hall–Kier alpha value is -3.33. The van der Waals surface area contributed by atoms with Crippen molar-refractivity contribution in [3.63, 3.8) is 0 Å². The number of benzene rings is 3. The van der Waals surface area contributed by atoms with E-state index in [2.05, 4.69) is 89.5 Å². The van der Waals surface area contributed by atoms with Crippen molar-refractivity contribution in [2.75, 3.05) is 10.6 Å². The molecule has 3 aromatic carbocycles. The van der Waals surface area contributed by atoms with E-state index in [9.17, 15) is 0 Å².